The van der Waals surface area contributed by atoms with E-state index in [4.69, 9.17) is 4.52 Å². The van der Waals surface area contributed by atoms with E-state index in [9.17, 15) is 21.6 Å². The molecular weight excluding hydrogens is 361 g/mol. The number of nitrogens with zero attached hydrogens (tertiary/aromatic N) is 2. The van der Waals surface area contributed by atoms with Gasteiger partial charge in [-0.1, -0.05) is 17.3 Å². The van der Waals surface area contributed by atoms with Crippen molar-refractivity contribution < 1.29 is 30.8 Å². The molecule has 0 bridgehead atoms. The van der Waals surface area contributed by atoms with Gasteiger partial charge in [-0.25, -0.2) is 8.42 Å². The molecule has 2 aromatic rings. The number of hydrogen-bond acceptors (Lipinski definition) is 5. The van der Waals surface area contributed by atoms with E-state index in [1.807, 2.05) is 0 Å². The van der Waals surface area contributed by atoms with Gasteiger partial charge in [-0.05, 0) is 18.6 Å². The molecule has 10 heteroatoms. The summed E-state index contributed by atoms with van der Waals surface area (Å²) in [7, 11) is -4.11. The maximum absolute atomic E-state index is 12.9. The number of sulfonamides is 1. The van der Waals surface area contributed by atoms with Gasteiger partial charge in [-0.2, -0.15) is 17.5 Å². The summed E-state index contributed by atoms with van der Waals surface area (Å²) in [6, 6.07) is 6.18. The number of alkyl halides is 3. The molecule has 1 fully saturated rings. The second-order valence-corrected chi connectivity index (χ2v) is 7.53. The summed E-state index contributed by atoms with van der Waals surface area (Å²) in [5.41, 5.74) is 0.903. The van der Waals surface area contributed by atoms with Gasteiger partial charge in [0.25, 0.3) is 0 Å². The van der Waals surface area contributed by atoms with Crippen LogP contribution in [0.3, 0.4) is 0 Å². The monoisotopic (exact) mass is 376 g/mol. The molecule has 2 heterocycles. The van der Waals surface area contributed by atoms with E-state index >= 15 is 0 Å². The Bertz CT molecular complexity index is 850. The van der Waals surface area contributed by atoms with Crippen molar-refractivity contribution in [3.63, 3.8) is 0 Å². The van der Waals surface area contributed by atoms with Crippen LogP contribution in [0.5, 0.6) is 0 Å². The minimum absolute atomic E-state index is 0.0655. The highest BCUT2D eigenvalue weighted by molar-refractivity contribution is 7.89. The van der Waals surface area contributed by atoms with Crippen molar-refractivity contribution >= 4 is 10.0 Å². The molecule has 1 aliphatic heterocycles. The zero-order valence-electron chi connectivity index (χ0n) is 13.2. The summed E-state index contributed by atoms with van der Waals surface area (Å²) in [5.74, 6) is 0.367. The van der Waals surface area contributed by atoms with Gasteiger partial charge in [0.2, 0.25) is 10.0 Å². The highest BCUT2D eigenvalue weighted by Gasteiger charge is 2.46. The van der Waals surface area contributed by atoms with Gasteiger partial charge in [0.15, 0.2) is 11.9 Å². The smallest absolute Gasteiger partial charge is 0.366 e. The van der Waals surface area contributed by atoms with Crippen LogP contribution in [0.2, 0.25) is 0 Å². The molecule has 0 radical (unpaired) electrons. The van der Waals surface area contributed by atoms with Gasteiger partial charge in [-0.3, -0.25) is 0 Å². The third-order valence-electron chi connectivity index (χ3n) is 3.92. The Balaban J connectivity index is 1.96. The molecule has 0 spiro atoms. The summed E-state index contributed by atoms with van der Waals surface area (Å²) in [6.45, 7) is 0.363. The summed E-state index contributed by atoms with van der Waals surface area (Å²) in [4.78, 5) is -0.0655. The van der Waals surface area contributed by atoms with E-state index in [1.54, 1.807) is 25.1 Å². The van der Waals surface area contributed by atoms with Gasteiger partial charge < -0.3 is 9.26 Å². The van der Waals surface area contributed by atoms with Gasteiger partial charge >= 0.3 is 6.18 Å². The quantitative estimate of drug-likeness (QED) is 0.823. The van der Waals surface area contributed by atoms with Crippen LogP contribution in [0, 0.1) is 6.92 Å². The fourth-order valence-electron chi connectivity index (χ4n) is 2.58. The maximum Gasteiger partial charge on any atom is 0.415 e. The lowest BCUT2D eigenvalue weighted by Crippen LogP contribution is -2.51. The molecule has 0 aliphatic carbocycles. The first kappa shape index (κ1) is 17.9. The van der Waals surface area contributed by atoms with Crippen LogP contribution in [-0.4, -0.2) is 49.9 Å². The lowest BCUT2D eigenvalue weighted by Gasteiger charge is -2.33. The van der Waals surface area contributed by atoms with E-state index in [0.29, 0.717) is 16.9 Å². The molecule has 3 rings (SSSR count). The van der Waals surface area contributed by atoms with E-state index in [-0.39, 0.29) is 18.0 Å². The van der Waals surface area contributed by atoms with Gasteiger partial charge in [0.1, 0.15) is 0 Å². The summed E-state index contributed by atoms with van der Waals surface area (Å²) < 4.78 is 74.8. The molecule has 6 nitrogen and oxygen atoms in total. The minimum atomic E-state index is -4.62. The molecule has 0 saturated carbocycles. The topological polar surface area (TPSA) is 72.6 Å². The number of halogens is 3. The largest absolute Gasteiger partial charge is 0.415 e. The molecular formula is C15H15F3N2O4S. The third kappa shape index (κ3) is 3.55. The Labute approximate surface area is 142 Å². The Hall–Kier alpha value is -1.91. The molecule has 0 unspecified atom stereocenters. The highest BCUT2D eigenvalue weighted by Crippen LogP contribution is 2.31. The molecule has 1 aromatic carbocycles. The predicted octanol–water partition coefficient (Wildman–Crippen LogP) is 2.60. The van der Waals surface area contributed by atoms with Gasteiger partial charge in [0, 0.05) is 24.7 Å². The second-order valence-electron chi connectivity index (χ2n) is 5.62. The Morgan fingerprint density at radius 2 is 2.04 bits per heavy atom. The summed E-state index contributed by atoms with van der Waals surface area (Å²) >= 11 is 0. The predicted molar refractivity (Wildman–Crippen MR) is 81.2 cm³/mol. The Morgan fingerprint density at radius 3 is 2.68 bits per heavy atom. The Morgan fingerprint density at radius 1 is 1.28 bits per heavy atom. The summed E-state index contributed by atoms with van der Waals surface area (Å²) in [5, 5.41) is 3.56. The van der Waals surface area contributed by atoms with Crippen molar-refractivity contribution in [2.75, 3.05) is 19.7 Å². The fraction of sp³-hybridized carbons (Fsp3) is 0.400. The van der Waals surface area contributed by atoms with Crippen LogP contribution in [0.4, 0.5) is 13.2 Å². The minimum Gasteiger partial charge on any atom is -0.366 e. The lowest BCUT2D eigenvalue weighted by molar-refractivity contribution is -0.231. The van der Waals surface area contributed by atoms with Crippen LogP contribution in [0.25, 0.3) is 11.3 Å². The number of aromatic nitrogens is 1. The van der Waals surface area contributed by atoms with Crippen LogP contribution in [-0.2, 0) is 14.8 Å². The number of morpholine rings is 1. The standard InChI is InChI=1S/C15H15F3N2O4S/c1-10-2-3-11(12-4-5-19-24-12)8-13(10)25(21,22)20-6-7-23-14(9-20)15(16,17)18/h2-5,8,14H,6-7,9H2,1H3/t14-/m1/s1. The Kier molecular flexibility index (Phi) is 4.60. The average Bonchev–Trinajstić information content (AvgIpc) is 3.09. The number of rotatable bonds is 3. The van der Waals surface area contributed by atoms with Crippen molar-refractivity contribution in [1.82, 2.24) is 9.46 Å². The van der Waals surface area contributed by atoms with Crippen molar-refractivity contribution in [2.24, 2.45) is 0 Å². The molecule has 25 heavy (non-hydrogen) atoms. The molecule has 1 saturated heterocycles. The molecule has 0 amide bonds. The first-order valence-corrected chi connectivity index (χ1v) is 8.84. The third-order valence-corrected chi connectivity index (χ3v) is 5.93. The van der Waals surface area contributed by atoms with Crippen LogP contribution >= 0.6 is 0 Å². The van der Waals surface area contributed by atoms with Crippen molar-refractivity contribution in [2.45, 2.75) is 24.1 Å². The van der Waals surface area contributed by atoms with Crippen molar-refractivity contribution in [3.8, 4) is 11.3 Å². The molecule has 136 valence electrons. The average molecular weight is 376 g/mol. The number of aryl methyl sites for hydroxylation is 1. The molecule has 0 N–H and O–H groups in total. The van der Waals surface area contributed by atoms with Crippen molar-refractivity contribution in [3.05, 3.63) is 36.0 Å². The van der Waals surface area contributed by atoms with Crippen LogP contribution in [0.1, 0.15) is 5.56 Å². The van der Waals surface area contributed by atoms with E-state index in [2.05, 4.69) is 9.89 Å². The molecule has 1 atom stereocenters. The highest BCUT2D eigenvalue weighted by atomic mass is 32.2. The number of hydrogen-bond donors (Lipinski definition) is 0. The fourth-order valence-corrected chi connectivity index (χ4v) is 4.25. The summed E-state index contributed by atoms with van der Waals surface area (Å²) in [6.07, 6.45) is -5.33. The maximum atomic E-state index is 12.9. The lowest BCUT2D eigenvalue weighted by atomic mass is 10.1. The SMILES string of the molecule is Cc1ccc(-c2ccno2)cc1S(=O)(=O)N1CCO[C@@H](C(F)(F)F)C1. The number of benzene rings is 1. The normalized spacial score (nSPS) is 19.9. The zero-order valence-corrected chi connectivity index (χ0v) is 14.0. The van der Waals surface area contributed by atoms with E-state index in [1.165, 1.54) is 12.3 Å². The van der Waals surface area contributed by atoms with E-state index in [0.717, 1.165) is 4.31 Å². The number of ether oxygens (including phenoxy) is 1. The van der Waals surface area contributed by atoms with Crippen LogP contribution < -0.4 is 0 Å². The second kappa shape index (κ2) is 6.43. The van der Waals surface area contributed by atoms with Crippen molar-refractivity contribution in [1.29, 1.82) is 0 Å². The zero-order chi connectivity index (χ0) is 18.2. The first-order valence-electron chi connectivity index (χ1n) is 7.40. The molecule has 1 aromatic heterocycles. The van der Waals surface area contributed by atoms with Gasteiger partial charge in [0.05, 0.1) is 17.7 Å². The van der Waals surface area contributed by atoms with Crippen LogP contribution in [0.15, 0.2) is 39.9 Å². The first-order chi connectivity index (χ1) is 11.7. The molecule has 1 aliphatic rings. The van der Waals surface area contributed by atoms with E-state index < -0.39 is 28.8 Å². The van der Waals surface area contributed by atoms with Gasteiger partial charge in [-0.15, -0.1) is 0 Å².